The molecule has 0 bridgehead atoms. The van der Waals surface area contributed by atoms with Crippen LogP contribution < -0.4 is 15.8 Å². The number of aliphatic imine (C=N–C) groups is 1. The number of hydrogen-bond donors (Lipinski definition) is 3. The van der Waals surface area contributed by atoms with Crippen LogP contribution in [0.2, 0.25) is 0 Å². The summed E-state index contributed by atoms with van der Waals surface area (Å²) in [5.41, 5.74) is 2.42. The van der Waals surface area contributed by atoms with Gasteiger partial charge in [-0.15, -0.1) is 24.0 Å². The van der Waals surface area contributed by atoms with E-state index >= 15 is 0 Å². The van der Waals surface area contributed by atoms with Gasteiger partial charge in [-0.25, -0.2) is 13.6 Å². The Hall–Kier alpha value is -1.65. The average Bonchev–Trinajstić information content (AvgIpc) is 2.74. The van der Waals surface area contributed by atoms with Crippen molar-refractivity contribution in [3.8, 4) is 0 Å². The number of nitrogens with two attached hydrogens (primary N) is 1. The molecule has 0 saturated heterocycles. The summed E-state index contributed by atoms with van der Waals surface area (Å²) in [5.74, 6) is 0.758. The van der Waals surface area contributed by atoms with Crippen LogP contribution in [0.15, 0.2) is 64.5 Å². The summed E-state index contributed by atoms with van der Waals surface area (Å²) in [6.45, 7) is 5.93. The number of nitrogens with zero attached hydrogens (tertiary/aromatic N) is 1. The van der Waals surface area contributed by atoms with E-state index in [4.69, 9.17) is 5.14 Å². The summed E-state index contributed by atoms with van der Waals surface area (Å²) in [6, 6.07) is 17.2. The normalized spacial score (nSPS) is 12.2. The second kappa shape index (κ2) is 12.3. The molecule has 6 nitrogen and oxygen atoms in total. The van der Waals surface area contributed by atoms with Crippen LogP contribution in [0.5, 0.6) is 0 Å². The van der Waals surface area contributed by atoms with Crippen molar-refractivity contribution in [2.24, 2.45) is 10.1 Å². The van der Waals surface area contributed by atoms with E-state index in [0.29, 0.717) is 6.54 Å². The van der Waals surface area contributed by atoms with Crippen LogP contribution in [-0.4, -0.2) is 34.5 Å². The minimum atomic E-state index is -3.65. The Morgan fingerprint density at radius 1 is 1.00 bits per heavy atom. The molecule has 0 aliphatic carbocycles. The predicted octanol–water partition coefficient (Wildman–Crippen LogP) is 3.42. The molecule has 0 unspecified atom stereocenters. The van der Waals surface area contributed by atoms with Crippen molar-refractivity contribution in [1.82, 2.24) is 10.6 Å². The first-order valence-corrected chi connectivity index (χ1v) is 11.5. The molecule has 0 fully saturated rings. The largest absolute Gasteiger partial charge is 0.356 e. The fourth-order valence-corrected chi connectivity index (χ4v) is 3.96. The summed E-state index contributed by atoms with van der Waals surface area (Å²) >= 11 is 0. The molecule has 2 aromatic rings. The maximum atomic E-state index is 11.3. The van der Waals surface area contributed by atoms with E-state index < -0.39 is 10.0 Å². The van der Waals surface area contributed by atoms with E-state index in [1.807, 2.05) is 6.07 Å². The number of rotatable bonds is 9. The maximum Gasteiger partial charge on any atom is 0.238 e. The maximum absolute atomic E-state index is 11.3. The zero-order chi connectivity index (χ0) is 21.3. The molecule has 30 heavy (non-hydrogen) atoms. The van der Waals surface area contributed by atoms with Gasteiger partial charge < -0.3 is 10.6 Å². The van der Waals surface area contributed by atoms with Crippen molar-refractivity contribution in [2.45, 2.75) is 43.4 Å². The Kier molecular flexibility index (Phi) is 10.8. The molecule has 166 valence electrons. The number of sulfonamides is 1. The lowest BCUT2D eigenvalue weighted by Gasteiger charge is -2.33. The van der Waals surface area contributed by atoms with Gasteiger partial charge in [0.05, 0.1) is 4.90 Å². The molecule has 2 rings (SSSR count). The predicted molar refractivity (Wildman–Crippen MR) is 135 cm³/mol. The smallest absolute Gasteiger partial charge is 0.238 e. The zero-order valence-corrected chi connectivity index (χ0v) is 21.0. The Balaban J connectivity index is 0.00000450. The Morgan fingerprint density at radius 3 is 2.10 bits per heavy atom. The lowest BCUT2D eigenvalue weighted by Crippen LogP contribution is -2.45. The van der Waals surface area contributed by atoms with Gasteiger partial charge in [0.2, 0.25) is 10.0 Å². The zero-order valence-electron chi connectivity index (χ0n) is 17.9. The van der Waals surface area contributed by atoms with E-state index in [-0.39, 0.29) is 34.3 Å². The number of benzene rings is 2. The van der Waals surface area contributed by atoms with Crippen LogP contribution in [0.4, 0.5) is 0 Å². The van der Waals surface area contributed by atoms with Gasteiger partial charge >= 0.3 is 0 Å². The van der Waals surface area contributed by atoms with Crippen molar-refractivity contribution >= 4 is 40.0 Å². The third kappa shape index (κ3) is 7.24. The number of halogens is 1. The van der Waals surface area contributed by atoms with E-state index in [9.17, 15) is 8.42 Å². The number of guanidine groups is 1. The van der Waals surface area contributed by atoms with Crippen LogP contribution >= 0.6 is 24.0 Å². The van der Waals surface area contributed by atoms with Crippen LogP contribution in [-0.2, 0) is 21.9 Å². The van der Waals surface area contributed by atoms with E-state index in [2.05, 4.69) is 53.7 Å². The van der Waals surface area contributed by atoms with Crippen LogP contribution in [0.25, 0.3) is 0 Å². The monoisotopic (exact) mass is 544 g/mol. The molecule has 2 aromatic carbocycles. The van der Waals surface area contributed by atoms with Gasteiger partial charge in [0.25, 0.3) is 0 Å². The summed E-state index contributed by atoms with van der Waals surface area (Å²) in [6.07, 6.45) is 2.82. The minimum Gasteiger partial charge on any atom is -0.356 e. The highest BCUT2D eigenvalue weighted by atomic mass is 127. The van der Waals surface area contributed by atoms with Crippen molar-refractivity contribution in [1.29, 1.82) is 0 Å². The fraction of sp³-hybridized carbons (Fsp3) is 0.409. The lowest BCUT2D eigenvalue weighted by atomic mass is 9.76. The Bertz CT molecular complexity index is 896. The second-order valence-electron chi connectivity index (χ2n) is 7.14. The molecule has 0 heterocycles. The minimum absolute atomic E-state index is 0. The molecule has 0 saturated carbocycles. The SMILES string of the molecule is CCC(CC)(CNC(=NC)NCCc1ccc(S(N)(=O)=O)cc1)c1ccccc1.I. The van der Waals surface area contributed by atoms with Crippen molar-refractivity contribution in [3.63, 3.8) is 0 Å². The number of primary sulfonamides is 1. The summed E-state index contributed by atoms with van der Waals surface area (Å²) < 4.78 is 22.7. The molecule has 0 aromatic heterocycles. The van der Waals surface area contributed by atoms with E-state index in [0.717, 1.165) is 37.3 Å². The molecule has 0 atom stereocenters. The van der Waals surface area contributed by atoms with Crippen molar-refractivity contribution < 1.29 is 8.42 Å². The first kappa shape index (κ1) is 26.4. The molecular weight excluding hydrogens is 511 g/mol. The third-order valence-corrected chi connectivity index (χ3v) is 6.44. The summed E-state index contributed by atoms with van der Waals surface area (Å²) in [7, 11) is -1.89. The first-order valence-electron chi connectivity index (χ1n) is 9.96. The fourth-order valence-electron chi connectivity index (χ4n) is 3.45. The molecule has 0 aliphatic heterocycles. The van der Waals surface area contributed by atoms with Gasteiger partial charge in [-0.05, 0) is 42.5 Å². The number of nitrogens with one attached hydrogen (secondary N) is 2. The van der Waals surface area contributed by atoms with Crippen LogP contribution in [0.3, 0.4) is 0 Å². The average molecular weight is 545 g/mol. The second-order valence-corrected chi connectivity index (χ2v) is 8.71. The van der Waals surface area contributed by atoms with E-state index in [1.54, 1.807) is 19.2 Å². The van der Waals surface area contributed by atoms with Gasteiger partial charge in [0.15, 0.2) is 5.96 Å². The number of hydrogen-bond acceptors (Lipinski definition) is 3. The Labute approximate surface area is 197 Å². The van der Waals surface area contributed by atoms with Gasteiger partial charge in [-0.3, -0.25) is 4.99 Å². The van der Waals surface area contributed by atoms with Gasteiger partial charge in [0.1, 0.15) is 0 Å². The summed E-state index contributed by atoms with van der Waals surface area (Å²) in [4.78, 5) is 4.46. The van der Waals surface area contributed by atoms with Gasteiger partial charge in [0, 0.05) is 25.6 Å². The molecule has 0 aliphatic rings. The molecule has 0 radical (unpaired) electrons. The molecule has 0 spiro atoms. The molecular formula is C22H33IN4O2S. The quantitative estimate of drug-likeness (QED) is 0.256. The Morgan fingerprint density at radius 2 is 1.60 bits per heavy atom. The van der Waals surface area contributed by atoms with E-state index in [1.165, 1.54) is 17.7 Å². The van der Waals surface area contributed by atoms with Gasteiger partial charge in [-0.2, -0.15) is 0 Å². The third-order valence-electron chi connectivity index (χ3n) is 5.52. The van der Waals surface area contributed by atoms with Crippen LogP contribution in [0, 0.1) is 0 Å². The molecule has 4 N–H and O–H groups in total. The highest BCUT2D eigenvalue weighted by Crippen LogP contribution is 2.30. The first-order chi connectivity index (χ1) is 13.8. The van der Waals surface area contributed by atoms with Crippen LogP contribution in [0.1, 0.15) is 37.8 Å². The summed E-state index contributed by atoms with van der Waals surface area (Å²) in [5, 5.41) is 11.9. The highest BCUT2D eigenvalue weighted by molar-refractivity contribution is 14.0. The molecule has 8 heteroatoms. The topological polar surface area (TPSA) is 96.6 Å². The standard InChI is InChI=1S/C22H32N4O2S.HI/c1-4-22(5-2,19-9-7-6-8-10-19)17-26-21(24-3)25-16-15-18-11-13-20(14-12-18)29(23,27)28;/h6-14H,4-5,15-17H2,1-3H3,(H2,23,27,28)(H2,24,25,26);1H. The van der Waals surface area contributed by atoms with Crippen molar-refractivity contribution in [2.75, 3.05) is 20.1 Å². The highest BCUT2D eigenvalue weighted by Gasteiger charge is 2.28. The molecule has 0 amide bonds. The lowest BCUT2D eigenvalue weighted by molar-refractivity contribution is 0.389. The van der Waals surface area contributed by atoms with Gasteiger partial charge in [-0.1, -0.05) is 56.3 Å². The van der Waals surface area contributed by atoms with Crippen molar-refractivity contribution in [3.05, 3.63) is 65.7 Å².